The largest absolute Gasteiger partial charge is 0.493 e. The number of ketones is 1. The third-order valence-corrected chi connectivity index (χ3v) is 7.37. The first-order chi connectivity index (χ1) is 18.2. The fourth-order valence-corrected chi connectivity index (χ4v) is 5.00. The van der Waals surface area contributed by atoms with E-state index in [4.69, 9.17) is 16.3 Å². The highest BCUT2D eigenvalue weighted by molar-refractivity contribution is 6.30. The van der Waals surface area contributed by atoms with E-state index in [2.05, 4.69) is 5.32 Å². The van der Waals surface area contributed by atoms with Gasteiger partial charge in [0, 0.05) is 41.7 Å². The molecule has 0 radical (unpaired) electrons. The van der Waals surface area contributed by atoms with Crippen LogP contribution in [0.25, 0.3) is 10.9 Å². The van der Waals surface area contributed by atoms with Gasteiger partial charge in [0.15, 0.2) is 5.78 Å². The monoisotopic (exact) mass is 543 g/mol. The summed E-state index contributed by atoms with van der Waals surface area (Å²) >= 11 is 5.80. The Hall–Kier alpha value is -3.46. The second-order valence-electron chi connectivity index (χ2n) is 9.99. The third-order valence-electron chi connectivity index (χ3n) is 7.08. The number of hydrogen-bond acceptors (Lipinski definition) is 4. The van der Waals surface area contributed by atoms with E-state index < -0.39 is 29.8 Å². The Morgan fingerprint density at radius 1 is 1.18 bits per heavy atom. The lowest BCUT2D eigenvalue weighted by Gasteiger charge is -2.24. The molecule has 2 atom stereocenters. The Kier molecular flexibility index (Phi) is 7.38. The maximum Gasteiger partial charge on any atom is 0.243 e. The molecule has 0 spiro atoms. The number of hydrogen-bond donors (Lipinski definition) is 1. The van der Waals surface area contributed by atoms with E-state index in [1.54, 1.807) is 35.0 Å². The SMILES string of the molecule is CC(=O)c1cn(CC(=O)N2C[C@H](F)CC2C(=O)NCc2cccc(Cl)c2F)c2cc(OCC3CC3)ccc12. The lowest BCUT2D eigenvalue weighted by molar-refractivity contribution is -0.139. The van der Waals surface area contributed by atoms with E-state index in [1.165, 1.54) is 24.0 Å². The summed E-state index contributed by atoms with van der Waals surface area (Å²) in [6.07, 6.45) is 2.38. The molecule has 1 saturated heterocycles. The van der Waals surface area contributed by atoms with Gasteiger partial charge in [0.05, 0.1) is 23.7 Å². The Labute approximate surface area is 223 Å². The zero-order valence-corrected chi connectivity index (χ0v) is 21.6. The van der Waals surface area contributed by atoms with Crippen LogP contribution in [0.3, 0.4) is 0 Å². The number of Topliss-reactive ketones (excluding diaryl/α,β-unsaturated/α-hetero) is 1. The van der Waals surface area contributed by atoms with Crippen LogP contribution in [-0.2, 0) is 22.7 Å². The molecule has 1 aromatic heterocycles. The molecule has 1 aliphatic heterocycles. The summed E-state index contributed by atoms with van der Waals surface area (Å²) < 4.78 is 36.1. The summed E-state index contributed by atoms with van der Waals surface area (Å²) in [5.41, 5.74) is 1.29. The van der Waals surface area contributed by atoms with Crippen molar-refractivity contribution in [3.8, 4) is 5.75 Å². The molecule has 1 unspecified atom stereocenters. The first-order valence-corrected chi connectivity index (χ1v) is 13.0. The fraction of sp³-hybridized carbons (Fsp3) is 0.393. The summed E-state index contributed by atoms with van der Waals surface area (Å²) in [5, 5.41) is 3.22. The fourth-order valence-electron chi connectivity index (χ4n) is 4.80. The van der Waals surface area contributed by atoms with Crippen LogP contribution in [0.5, 0.6) is 5.75 Å². The molecule has 2 heterocycles. The number of alkyl halides is 1. The molecule has 7 nitrogen and oxygen atoms in total. The van der Waals surface area contributed by atoms with Crippen molar-refractivity contribution in [2.75, 3.05) is 13.2 Å². The zero-order chi connectivity index (χ0) is 27.0. The highest BCUT2D eigenvalue weighted by atomic mass is 35.5. The van der Waals surface area contributed by atoms with E-state index >= 15 is 0 Å². The van der Waals surface area contributed by atoms with Gasteiger partial charge in [0.1, 0.15) is 30.3 Å². The molecule has 2 amide bonds. The maximum absolute atomic E-state index is 14.4. The molecule has 38 heavy (non-hydrogen) atoms. The number of carbonyl (C=O) groups is 3. The van der Waals surface area contributed by atoms with Gasteiger partial charge in [-0.1, -0.05) is 23.7 Å². The summed E-state index contributed by atoms with van der Waals surface area (Å²) in [4.78, 5) is 39.7. The molecular weight excluding hydrogens is 516 g/mol. The number of likely N-dealkylation sites (tertiary alicyclic amines) is 1. The third kappa shape index (κ3) is 5.53. The lowest BCUT2D eigenvalue weighted by Crippen LogP contribution is -2.46. The van der Waals surface area contributed by atoms with E-state index in [-0.39, 0.29) is 42.4 Å². The van der Waals surface area contributed by atoms with Crippen LogP contribution >= 0.6 is 11.6 Å². The van der Waals surface area contributed by atoms with Crippen LogP contribution < -0.4 is 10.1 Å². The van der Waals surface area contributed by atoms with Crippen LogP contribution in [0.4, 0.5) is 8.78 Å². The van der Waals surface area contributed by atoms with Gasteiger partial charge in [-0.05, 0) is 43.9 Å². The van der Waals surface area contributed by atoms with Gasteiger partial charge in [0.25, 0.3) is 0 Å². The van der Waals surface area contributed by atoms with Crippen molar-refractivity contribution in [1.29, 1.82) is 0 Å². The smallest absolute Gasteiger partial charge is 0.243 e. The van der Waals surface area contributed by atoms with Crippen LogP contribution in [-0.4, -0.2) is 52.4 Å². The molecule has 3 aromatic rings. The molecule has 0 bridgehead atoms. The minimum Gasteiger partial charge on any atom is -0.493 e. The Balaban J connectivity index is 1.33. The maximum atomic E-state index is 14.4. The number of rotatable bonds is 9. The van der Waals surface area contributed by atoms with E-state index in [9.17, 15) is 23.2 Å². The van der Waals surface area contributed by atoms with Crippen molar-refractivity contribution in [3.63, 3.8) is 0 Å². The Bertz CT molecular complexity index is 1400. The van der Waals surface area contributed by atoms with E-state index in [0.29, 0.717) is 34.7 Å². The second-order valence-corrected chi connectivity index (χ2v) is 10.4. The average molecular weight is 544 g/mol. The summed E-state index contributed by atoms with van der Waals surface area (Å²) in [6.45, 7) is 1.52. The van der Waals surface area contributed by atoms with Gasteiger partial charge in [-0.15, -0.1) is 0 Å². The molecule has 2 aliphatic rings. The first kappa shape index (κ1) is 26.2. The predicted molar refractivity (Wildman–Crippen MR) is 138 cm³/mol. The molecule has 10 heteroatoms. The van der Waals surface area contributed by atoms with Gasteiger partial charge in [-0.2, -0.15) is 0 Å². The molecule has 2 aromatic carbocycles. The minimum absolute atomic E-state index is 0.0665. The van der Waals surface area contributed by atoms with Crippen molar-refractivity contribution >= 4 is 40.1 Å². The van der Waals surface area contributed by atoms with Crippen molar-refractivity contribution in [2.24, 2.45) is 5.92 Å². The number of benzene rings is 2. The van der Waals surface area contributed by atoms with Gasteiger partial charge >= 0.3 is 0 Å². The molecule has 1 N–H and O–H groups in total. The van der Waals surface area contributed by atoms with Crippen LogP contribution in [0, 0.1) is 11.7 Å². The topological polar surface area (TPSA) is 80.6 Å². The first-order valence-electron chi connectivity index (χ1n) is 12.6. The number of amides is 2. The van der Waals surface area contributed by atoms with Crippen molar-refractivity contribution in [2.45, 2.75) is 51.5 Å². The van der Waals surface area contributed by atoms with Crippen molar-refractivity contribution in [1.82, 2.24) is 14.8 Å². The highest BCUT2D eigenvalue weighted by Crippen LogP contribution is 2.32. The number of ether oxygens (including phenoxy) is 1. The average Bonchev–Trinajstić information content (AvgIpc) is 3.54. The molecular formula is C28H28ClF2N3O4. The molecule has 1 saturated carbocycles. The van der Waals surface area contributed by atoms with Crippen LogP contribution in [0.2, 0.25) is 5.02 Å². The standard InChI is InChI=1S/C28H28ClF2N3O4/c1-16(35)22-13-33(24-10-20(7-8-21(22)24)38-15-17-5-6-17)14-26(36)34-12-19(30)9-25(34)28(37)32-11-18-3-2-4-23(29)27(18)31/h2-4,7-8,10,13,17,19,25H,5-6,9,11-12,14-15H2,1H3,(H,32,37)/t19-,25?/m1/s1. The van der Waals surface area contributed by atoms with Gasteiger partial charge in [0.2, 0.25) is 11.8 Å². The summed E-state index contributed by atoms with van der Waals surface area (Å²) in [7, 11) is 0. The molecule has 1 aliphatic carbocycles. The zero-order valence-electron chi connectivity index (χ0n) is 20.9. The summed E-state index contributed by atoms with van der Waals surface area (Å²) in [5.74, 6) is -0.622. The number of halogens is 3. The molecule has 2 fully saturated rings. The number of nitrogens with zero attached hydrogens (tertiary/aromatic N) is 2. The van der Waals surface area contributed by atoms with Crippen LogP contribution in [0.15, 0.2) is 42.6 Å². The van der Waals surface area contributed by atoms with Gasteiger partial charge in [-0.25, -0.2) is 8.78 Å². The summed E-state index contributed by atoms with van der Waals surface area (Å²) in [6, 6.07) is 8.82. The Morgan fingerprint density at radius 3 is 2.71 bits per heavy atom. The van der Waals surface area contributed by atoms with Crippen LogP contribution in [0.1, 0.15) is 42.1 Å². The quantitative estimate of drug-likeness (QED) is 0.397. The van der Waals surface area contributed by atoms with Gasteiger partial charge in [-0.3, -0.25) is 14.4 Å². The normalized spacial score (nSPS) is 19.1. The van der Waals surface area contributed by atoms with Crippen molar-refractivity contribution in [3.05, 3.63) is 64.6 Å². The highest BCUT2D eigenvalue weighted by Gasteiger charge is 2.39. The number of carbonyl (C=O) groups excluding carboxylic acids is 3. The number of aromatic nitrogens is 1. The van der Waals surface area contributed by atoms with Crippen molar-refractivity contribution < 1.29 is 27.9 Å². The van der Waals surface area contributed by atoms with E-state index in [0.717, 1.165) is 12.8 Å². The minimum atomic E-state index is -1.37. The molecule has 5 rings (SSSR count). The lowest BCUT2D eigenvalue weighted by atomic mass is 10.1. The van der Waals surface area contributed by atoms with Gasteiger partial charge < -0.3 is 19.5 Å². The Morgan fingerprint density at radius 2 is 1.97 bits per heavy atom. The predicted octanol–water partition coefficient (Wildman–Crippen LogP) is 4.68. The van der Waals surface area contributed by atoms with E-state index in [1.807, 2.05) is 0 Å². The second kappa shape index (κ2) is 10.7. The molecule has 200 valence electrons. The number of nitrogens with one attached hydrogen (secondary N) is 1. The number of fused-ring (bicyclic) bond motifs is 1.